The Labute approximate surface area is 164 Å². The molecule has 4 heterocycles. The summed E-state index contributed by atoms with van der Waals surface area (Å²) in [5.74, 6) is 0.782. The first-order valence-corrected chi connectivity index (χ1v) is 9.91. The van der Waals surface area contributed by atoms with Crippen LogP contribution in [0.2, 0.25) is 0 Å². The maximum atomic E-state index is 13.0. The van der Waals surface area contributed by atoms with E-state index >= 15 is 0 Å². The first-order chi connectivity index (χ1) is 13.5. The number of rotatable bonds is 4. The number of hydrogen-bond acceptors (Lipinski definition) is 5. The summed E-state index contributed by atoms with van der Waals surface area (Å²) in [5.41, 5.74) is 2.01. The molecule has 0 saturated carbocycles. The molecule has 0 radical (unpaired) electrons. The van der Waals surface area contributed by atoms with E-state index in [-0.39, 0.29) is 23.8 Å². The van der Waals surface area contributed by atoms with Crippen molar-refractivity contribution in [2.45, 2.75) is 52.2 Å². The average Bonchev–Trinajstić information content (AvgIpc) is 3.38. The van der Waals surface area contributed by atoms with Crippen LogP contribution in [0.1, 0.15) is 49.8 Å². The normalized spacial score (nSPS) is 20.1. The van der Waals surface area contributed by atoms with Crippen LogP contribution >= 0.6 is 0 Å². The minimum Gasteiger partial charge on any atom is -0.338 e. The molecule has 2 aliphatic rings. The molecule has 28 heavy (non-hydrogen) atoms. The van der Waals surface area contributed by atoms with Crippen molar-refractivity contribution in [1.82, 2.24) is 29.5 Å². The second-order valence-corrected chi connectivity index (χ2v) is 7.71. The highest BCUT2D eigenvalue weighted by atomic mass is 16.2. The highest BCUT2D eigenvalue weighted by Gasteiger charge is 2.35. The average molecular weight is 382 g/mol. The number of fused-ring (bicyclic) bond motifs is 1. The quantitative estimate of drug-likeness (QED) is 0.802. The molecule has 0 aromatic carbocycles. The second-order valence-electron chi connectivity index (χ2n) is 7.71. The van der Waals surface area contributed by atoms with Crippen LogP contribution in [0.25, 0.3) is 0 Å². The van der Waals surface area contributed by atoms with Gasteiger partial charge in [-0.05, 0) is 18.9 Å². The van der Waals surface area contributed by atoms with Gasteiger partial charge in [-0.1, -0.05) is 6.92 Å². The lowest BCUT2D eigenvalue weighted by Crippen LogP contribution is -2.38. The number of nitrogens with zero attached hydrogens (tertiary/aromatic N) is 6. The van der Waals surface area contributed by atoms with E-state index in [9.17, 15) is 9.59 Å². The van der Waals surface area contributed by atoms with E-state index < -0.39 is 0 Å². The Kier molecular flexibility index (Phi) is 5.11. The Morgan fingerprint density at radius 2 is 2.18 bits per heavy atom. The van der Waals surface area contributed by atoms with Gasteiger partial charge in [-0.2, -0.15) is 5.10 Å². The predicted octanol–water partition coefficient (Wildman–Crippen LogP) is 1.58. The monoisotopic (exact) mass is 382 g/mol. The highest BCUT2D eigenvalue weighted by Crippen LogP contribution is 2.32. The molecule has 2 atom stereocenters. The van der Waals surface area contributed by atoms with Crippen LogP contribution in [0.5, 0.6) is 0 Å². The van der Waals surface area contributed by atoms with Crippen molar-refractivity contribution < 1.29 is 9.59 Å². The summed E-state index contributed by atoms with van der Waals surface area (Å²) in [7, 11) is 0. The summed E-state index contributed by atoms with van der Waals surface area (Å²) in [6, 6.07) is 1.80. The number of carbonyl (C=O) groups is 2. The summed E-state index contributed by atoms with van der Waals surface area (Å²) < 4.78 is 1.80. The Hall–Kier alpha value is -2.77. The van der Waals surface area contributed by atoms with E-state index in [2.05, 4.69) is 10.1 Å². The molecular formula is C20H26N6O2. The maximum Gasteiger partial charge on any atom is 0.227 e. The molecule has 0 unspecified atom stereocenters. The van der Waals surface area contributed by atoms with Gasteiger partial charge in [0.1, 0.15) is 0 Å². The van der Waals surface area contributed by atoms with Gasteiger partial charge in [0.2, 0.25) is 11.8 Å². The van der Waals surface area contributed by atoms with Crippen LogP contribution in [0.4, 0.5) is 0 Å². The number of amides is 2. The summed E-state index contributed by atoms with van der Waals surface area (Å²) in [5, 5.41) is 4.20. The van der Waals surface area contributed by atoms with Crippen molar-refractivity contribution >= 4 is 11.8 Å². The SMILES string of the molecule is CC(=O)N1CCc2nc([C@H]3CCCN3C(=O)[C@@H](C)Cn3cccn3)ncc2C1. The van der Waals surface area contributed by atoms with Gasteiger partial charge in [0.15, 0.2) is 5.82 Å². The molecule has 1 saturated heterocycles. The molecule has 8 nitrogen and oxygen atoms in total. The third-order valence-corrected chi connectivity index (χ3v) is 5.67. The predicted molar refractivity (Wildman–Crippen MR) is 102 cm³/mol. The lowest BCUT2D eigenvalue weighted by atomic mass is 10.1. The van der Waals surface area contributed by atoms with E-state index in [1.807, 2.05) is 35.2 Å². The van der Waals surface area contributed by atoms with E-state index in [1.165, 1.54) is 0 Å². The van der Waals surface area contributed by atoms with Crippen molar-refractivity contribution in [3.8, 4) is 0 Å². The Bertz CT molecular complexity index is 866. The third kappa shape index (κ3) is 3.63. The molecule has 4 rings (SSSR count). The minimum absolute atomic E-state index is 0.0660. The van der Waals surface area contributed by atoms with Crippen LogP contribution in [0.15, 0.2) is 24.7 Å². The molecule has 0 spiro atoms. The molecule has 148 valence electrons. The molecule has 0 aliphatic carbocycles. The number of likely N-dealkylation sites (tertiary alicyclic amines) is 1. The summed E-state index contributed by atoms with van der Waals surface area (Å²) >= 11 is 0. The standard InChI is InChI=1S/C20H26N6O2/c1-14(12-25-8-4-7-22-25)20(28)26-9-3-5-18(26)19-21-11-16-13-24(15(2)27)10-6-17(16)23-19/h4,7-8,11,14,18H,3,5-6,9-10,12-13H2,1-2H3/t14-,18+/m0/s1. The molecule has 8 heteroatoms. The van der Waals surface area contributed by atoms with E-state index in [1.54, 1.807) is 17.8 Å². The maximum absolute atomic E-state index is 13.0. The van der Waals surface area contributed by atoms with Crippen molar-refractivity contribution in [2.24, 2.45) is 5.92 Å². The molecule has 1 fully saturated rings. The fourth-order valence-corrected chi connectivity index (χ4v) is 4.11. The van der Waals surface area contributed by atoms with Gasteiger partial charge in [-0.25, -0.2) is 9.97 Å². The molecule has 2 amide bonds. The van der Waals surface area contributed by atoms with Crippen LogP contribution in [-0.4, -0.2) is 54.5 Å². The topological polar surface area (TPSA) is 84.2 Å². The van der Waals surface area contributed by atoms with Crippen molar-refractivity contribution in [1.29, 1.82) is 0 Å². The van der Waals surface area contributed by atoms with Crippen LogP contribution < -0.4 is 0 Å². The fraction of sp³-hybridized carbons (Fsp3) is 0.550. The highest BCUT2D eigenvalue weighted by molar-refractivity contribution is 5.79. The molecule has 2 aromatic heterocycles. The molecule has 0 bridgehead atoms. The van der Waals surface area contributed by atoms with Gasteiger partial charge >= 0.3 is 0 Å². The van der Waals surface area contributed by atoms with Crippen molar-refractivity contribution in [3.63, 3.8) is 0 Å². The molecular weight excluding hydrogens is 356 g/mol. The Morgan fingerprint density at radius 3 is 2.93 bits per heavy atom. The smallest absolute Gasteiger partial charge is 0.227 e. The van der Waals surface area contributed by atoms with Gasteiger partial charge in [0.25, 0.3) is 0 Å². The van der Waals surface area contributed by atoms with Gasteiger partial charge in [-0.15, -0.1) is 0 Å². The summed E-state index contributed by atoms with van der Waals surface area (Å²) in [6.07, 6.45) is 8.02. The number of aromatic nitrogens is 4. The first-order valence-electron chi connectivity index (χ1n) is 9.91. The number of hydrogen-bond donors (Lipinski definition) is 0. The largest absolute Gasteiger partial charge is 0.338 e. The fourth-order valence-electron chi connectivity index (χ4n) is 4.11. The van der Waals surface area contributed by atoms with Crippen LogP contribution in [-0.2, 0) is 29.1 Å². The molecule has 2 aromatic rings. The third-order valence-electron chi connectivity index (χ3n) is 5.67. The van der Waals surface area contributed by atoms with E-state index in [0.717, 1.165) is 42.9 Å². The summed E-state index contributed by atoms with van der Waals surface area (Å²) in [6.45, 7) is 6.11. The second kappa shape index (κ2) is 7.69. The lowest BCUT2D eigenvalue weighted by Gasteiger charge is -2.29. The Balaban J connectivity index is 1.49. The first kappa shape index (κ1) is 18.6. The van der Waals surface area contributed by atoms with E-state index in [4.69, 9.17) is 4.98 Å². The summed E-state index contributed by atoms with van der Waals surface area (Å²) in [4.78, 5) is 37.8. The van der Waals surface area contributed by atoms with E-state index in [0.29, 0.717) is 19.6 Å². The van der Waals surface area contributed by atoms with Gasteiger partial charge in [0.05, 0.1) is 24.2 Å². The lowest BCUT2D eigenvalue weighted by molar-refractivity contribution is -0.136. The molecule has 0 N–H and O–H groups in total. The molecule has 2 aliphatic heterocycles. The van der Waals surface area contributed by atoms with Gasteiger partial charge < -0.3 is 9.80 Å². The van der Waals surface area contributed by atoms with Crippen LogP contribution in [0, 0.1) is 5.92 Å². The van der Waals surface area contributed by atoms with Crippen LogP contribution in [0.3, 0.4) is 0 Å². The number of carbonyl (C=O) groups excluding carboxylic acids is 2. The zero-order valence-electron chi connectivity index (χ0n) is 16.4. The van der Waals surface area contributed by atoms with Gasteiger partial charge in [0, 0.05) is 57.1 Å². The van der Waals surface area contributed by atoms with Gasteiger partial charge in [-0.3, -0.25) is 14.3 Å². The zero-order chi connectivity index (χ0) is 19.7. The minimum atomic E-state index is -0.151. The Morgan fingerprint density at radius 1 is 1.32 bits per heavy atom. The zero-order valence-corrected chi connectivity index (χ0v) is 16.4. The van der Waals surface area contributed by atoms with Crippen molar-refractivity contribution in [2.75, 3.05) is 13.1 Å². The van der Waals surface area contributed by atoms with Crippen molar-refractivity contribution in [3.05, 3.63) is 41.7 Å².